The van der Waals surface area contributed by atoms with Crippen molar-refractivity contribution in [2.75, 3.05) is 13.1 Å². The van der Waals surface area contributed by atoms with Crippen LogP contribution in [0.15, 0.2) is 5.16 Å². The van der Waals surface area contributed by atoms with Gasteiger partial charge in [0.1, 0.15) is 0 Å². The molecule has 3 nitrogen and oxygen atoms in total. The SMILES string of the molecule is O/N=C1\CCN2CCCC12. The van der Waals surface area contributed by atoms with Crippen LogP contribution in [0.25, 0.3) is 0 Å². The van der Waals surface area contributed by atoms with Gasteiger partial charge in [-0.25, -0.2) is 0 Å². The second-order valence-corrected chi connectivity index (χ2v) is 3.04. The van der Waals surface area contributed by atoms with Gasteiger partial charge in [-0.05, 0) is 19.4 Å². The van der Waals surface area contributed by atoms with E-state index in [1.54, 1.807) is 0 Å². The van der Waals surface area contributed by atoms with Crippen molar-refractivity contribution in [3.63, 3.8) is 0 Å². The van der Waals surface area contributed by atoms with Crippen molar-refractivity contribution in [3.8, 4) is 0 Å². The summed E-state index contributed by atoms with van der Waals surface area (Å²) in [5, 5.41) is 11.9. The van der Waals surface area contributed by atoms with Crippen molar-refractivity contribution in [2.24, 2.45) is 5.16 Å². The van der Waals surface area contributed by atoms with Crippen molar-refractivity contribution >= 4 is 5.71 Å². The molecule has 2 fully saturated rings. The summed E-state index contributed by atoms with van der Waals surface area (Å²) < 4.78 is 0. The van der Waals surface area contributed by atoms with Gasteiger partial charge in [-0.3, -0.25) is 4.90 Å². The molecule has 2 heterocycles. The maximum Gasteiger partial charge on any atom is 0.0754 e. The Morgan fingerprint density at radius 1 is 1.50 bits per heavy atom. The van der Waals surface area contributed by atoms with E-state index in [1.807, 2.05) is 0 Å². The lowest BCUT2D eigenvalue weighted by atomic mass is 10.1. The van der Waals surface area contributed by atoms with Crippen molar-refractivity contribution in [1.29, 1.82) is 0 Å². The third-order valence-corrected chi connectivity index (χ3v) is 2.53. The second kappa shape index (κ2) is 2.23. The third kappa shape index (κ3) is 0.736. The molecule has 56 valence electrons. The van der Waals surface area contributed by atoms with Crippen LogP contribution < -0.4 is 0 Å². The topological polar surface area (TPSA) is 35.8 Å². The normalized spacial score (nSPS) is 37.2. The summed E-state index contributed by atoms with van der Waals surface area (Å²) in [5.41, 5.74) is 0.998. The van der Waals surface area contributed by atoms with Crippen molar-refractivity contribution < 1.29 is 5.21 Å². The van der Waals surface area contributed by atoms with E-state index in [1.165, 1.54) is 19.4 Å². The minimum absolute atomic E-state index is 0.491. The van der Waals surface area contributed by atoms with Crippen molar-refractivity contribution in [3.05, 3.63) is 0 Å². The molecule has 1 atom stereocenters. The average molecular weight is 140 g/mol. The van der Waals surface area contributed by atoms with E-state index in [0.29, 0.717) is 6.04 Å². The standard InChI is InChI=1S/C7H12N2O/c10-8-6-3-5-9-4-1-2-7(6)9/h7,10H,1-5H2/b8-6+. The van der Waals surface area contributed by atoms with Gasteiger partial charge in [0, 0.05) is 13.0 Å². The highest BCUT2D eigenvalue weighted by molar-refractivity contribution is 5.91. The molecule has 0 aromatic rings. The molecule has 0 spiro atoms. The lowest BCUT2D eigenvalue weighted by molar-refractivity contribution is 0.310. The number of nitrogens with zero attached hydrogens (tertiary/aromatic N) is 2. The maximum atomic E-state index is 8.57. The quantitative estimate of drug-likeness (QED) is 0.397. The molecule has 0 aromatic heterocycles. The Labute approximate surface area is 60.3 Å². The van der Waals surface area contributed by atoms with Gasteiger partial charge in [-0.1, -0.05) is 5.16 Å². The van der Waals surface area contributed by atoms with Gasteiger partial charge in [0.25, 0.3) is 0 Å². The monoisotopic (exact) mass is 140 g/mol. The Morgan fingerprint density at radius 3 is 3.20 bits per heavy atom. The Balaban J connectivity index is 2.15. The zero-order valence-corrected chi connectivity index (χ0v) is 5.95. The maximum absolute atomic E-state index is 8.57. The van der Waals surface area contributed by atoms with E-state index in [4.69, 9.17) is 5.21 Å². The summed E-state index contributed by atoms with van der Waals surface area (Å²) in [5.74, 6) is 0. The van der Waals surface area contributed by atoms with Crippen molar-refractivity contribution in [1.82, 2.24) is 4.90 Å². The van der Waals surface area contributed by atoms with Crippen molar-refractivity contribution in [2.45, 2.75) is 25.3 Å². The number of rotatable bonds is 0. The Kier molecular flexibility index (Phi) is 1.38. The van der Waals surface area contributed by atoms with E-state index in [-0.39, 0.29) is 0 Å². The Morgan fingerprint density at radius 2 is 2.40 bits per heavy atom. The predicted octanol–water partition coefficient (Wildman–Crippen LogP) is 0.685. The zero-order valence-electron chi connectivity index (χ0n) is 5.95. The molecule has 2 aliphatic rings. The molecular formula is C7H12N2O. The minimum Gasteiger partial charge on any atom is -0.411 e. The summed E-state index contributed by atoms with van der Waals surface area (Å²) in [6, 6.07) is 0.491. The highest BCUT2D eigenvalue weighted by Gasteiger charge is 2.34. The summed E-state index contributed by atoms with van der Waals surface area (Å²) >= 11 is 0. The van der Waals surface area contributed by atoms with Crippen LogP contribution in [0.2, 0.25) is 0 Å². The van der Waals surface area contributed by atoms with Crippen LogP contribution in [0.3, 0.4) is 0 Å². The lowest BCUT2D eigenvalue weighted by Gasteiger charge is -2.11. The first-order valence-electron chi connectivity index (χ1n) is 3.86. The highest BCUT2D eigenvalue weighted by Crippen LogP contribution is 2.25. The fourth-order valence-corrected chi connectivity index (χ4v) is 2.01. The zero-order chi connectivity index (χ0) is 6.97. The molecular weight excluding hydrogens is 128 g/mol. The molecule has 2 aliphatic heterocycles. The summed E-state index contributed by atoms with van der Waals surface area (Å²) in [7, 11) is 0. The molecule has 0 aliphatic carbocycles. The first-order valence-corrected chi connectivity index (χ1v) is 3.86. The molecule has 2 saturated heterocycles. The summed E-state index contributed by atoms with van der Waals surface area (Å²) in [6.07, 6.45) is 3.43. The molecule has 0 amide bonds. The van der Waals surface area contributed by atoms with Crippen LogP contribution in [-0.4, -0.2) is 35.0 Å². The smallest absolute Gasteiger partial charge is 0.0754 e. The summed E-state index contributed by atoms with van der Waals surface area (Å²) in [4.78, 5) is 2.40. The Hall–Kier alpha value is -0.570. The van der Waals surface area contributed by atoms with Crippen LogP contribution >= 0.6 is 0 Å². The summed E-state index contributed by atoms with van der Waals surface area (Å²) in [6.45, 7) is 2.30. The van der Waals surface area contributed by atoms with Gasteiger partial charge in [-0.15, -0.1) is 0 Å². The molecule has 0 radical (unpaired) electrons. The molecule has 1 N–H and O–H groups in total. The van der Waals surface area contributed by atoms with Gasteiger partial charge in [-0.2, -0.15) is 0 Å². The van der Waals surface area contributed by atoms with Crippen LogP contribution in [0.4, 0.5) is 0 Å². The van der Waals surface area contributed by atoms with Crippen LogP contribution in [0.1, 0.15) is 19.3 Å². The fourth-order valence-electron chi connectivity index (χ4n) is 2.01. The molecule has 2 rings (SSSR count). The van der Waals surface area contributed by atoms with E-state index in [0.717, 1.165) is 18.7 Å². The molecule has 0 saturated carbocycles. The lowest BCUT2D eigenvalue weighted by Crippen LogP contribution is -2.25. The van der Waals surface area contributed by atoms with Crippen LogP contribution in [-0.2, 0) is 0 Å². The van der Waals surface area contributed by atoms with Crippen LogP contribution in [0.5, 0.6) is 0 Å². The van der Waals surface area contributed by atoms with Gasteiger partial charge in [0.05, 0.1) is 11.8 Å². The molecule has 1 unspecified atom stereocenters. The fraction of sp³-hybridized carbons (Fsp3) is 0.857. The minimum atomic E-state index is 0.491. The van der Waals surface area contributed by atoms with Gasteiger partial charge >= 0.3 is 0 Å². The number of oxime groups is 1. The molecule has 10 heavy (non-hydrogen) atoms. The number of hydrogen-bond acceptors (Lipinski definition) is 3. The molecule has 0 aromatic carbocycles. The number of hydrogen-bond donors (Lipinski definition) is 1. The Bertz CT molecular complexity index is 167. The van der Waals surface area contributed by atoms with E-state index < -0.39 is 0 Å². The molecule has 0 bridgehead atoms. The number of fused-ring (bicyclic) bond motifs is 1. The van der Waals surface area contributed by atoms with Gasteiger partial charge in [0.15, 0.2) is 0 Å². The first-order chi connectivity index (χ1) is 4.92. The second-order valence-electron chi connectivity index (χ2n) is 3.04. The third-order valence-electron chi connectivity index (χ3n) is 2.53. The average Bonchev–Trinajstić information content (AvgIpc) is 2.44. The van der Waals surface area contributed by atoms with E-state index >= 15 is 0 Å². The molecule has 3 heteroatoms. The highest BCUT2D eigenvalue weighted by atomic mass is 16.4. The van der Waals surface area contributed by atoms with Gasteiger partial charge in [0.2, 0.25) is 0 Å². The first kappa shape index (κ1) is 6.16. The van der Waals surface area contributed by atoms with E-state index in [9.17, 15) is 0 Å². The largest absolute Gasteiger partial charge is 0.411 e. The van der Waals surface area contributed by atoms with E-state index in [2.05, 4.69) is 10.1 Å². The van der Waals surface area contributed by atoms with Gasteiger partial charge < -0.3 is 5.21 Å². The van der Waals surface area contributed by atoms with Crippen LogP contribution in [0, 0.1) is 0 Å². The predicted molar refractivity (Wildman–Crippen MR) is 38.4 cm³/mol.